The van der Waals surface area contributed by atoms with Crippen molar-refractivity contribution in [1.29, 1.82) is 0 Å². The molecule has 0 radical (unpaired) electrons. The first-order valence-electron chi connectivity index (χ1n) is 10.2. The molecule has 174 valence electrons. The lowest BCUT2D eigenvalue weighted by Gasteiger charge is -2.16. The number of carbonyl (C=O) groups excluding carboxylic acids is 2. The number of likely N-dealkylation sites (N-methyl/N-ethyl adjacent to an activating group) is 1. The summed E-state index contributed by atoms with van der Waals surface area (Å²) in [5.41, 5.74) is 2.77. The van der Waals surface area contributed by atoms with Crippen molar-refractivity contribution < 1.29 is 29.0 Å². The average molecular weight is 460 g/mol. The van der Waals surface area contributed by atoms with Crippen LogP contribution in [0.2, 0.25) is 0 Å². The van der Waals surface area contributed by atoms with Crippen LogP contribution in [-0.4, -0.2) is 49.1 Å². The van der Waals surface area contributed by atoms with E-state index in [4.69, 9.17) is 14.6 Å². The molecule has 0 spiro atoms. The highest BCUT2D eigenvalue weighted by Crippen LogP contribution is 2.25. The van der Waals surface area contributed by atoms with Gasteiger partial charge in [-0.25, -0.2) is 4.79 Å². The van der Waals surface area contributed by atoms with Gasteiger partial charge in [0, 0.05) is 29.9 Å². The number of hydrogen-bond donors (Lipinski definition) is 2. The SMILES string of the molecule is C=C(C(=O)O)N(C)C(=O)c1ccc(-c2ccc(NC(=O)c3cc(OC)cc(OC)c3)cc2)cc1. The summed E-state index contributed by atoms with van der Waals surface area (Å²) in [5, 5.41) is 11.8. The normalized spacial score (nSPS) is 10.2. The van der Waals surface area contributed by atoms with Gasteiger partial charge >= 0.3 is 5.97 Å². The molecule has 34 heavy (non-hydrogen) atoms. The van der Waals surface area contributed by atoms with Crippen LogP contribution in [0.1, 0.15) is 20.7 Å². The fourth-order valence-electron chi connectivity index (χ4n) is 3.15. The topological polar surface area (TPSA) is 105 Å². The average Bonchev–Trinajstić information content (AvgIpc) is 2.87. The second-order valence-electron chi connectivity index (χ2n) is 7.33. The Morgan fingerprint density at radius 1 is 0.824 bits per heavy atom. The van der Waals surface area contributed by atoms with Crippen molar-refractivity contribution in [2.75, 3.05) is 26.6 Å². The Bertz CT molecular complexity index is 1210. The number of anilines is 1. The van der Waals surface area contributed by atoms with Crippen LogP contribution in [0.25, 0.3) is 11.1 Å². The molecule has 3 aromatic carbocycles. The van der Waals surface area contributed by atoms with E-state index >= 15 is 0 Å². The highest BCUT2D eigenvalue weighted by atomic mass is 16.5. The van der Waals surface area contributed by atoms with E-state index in [0.29, 0.717) is 28.3 Å². The summed E-state index contributed by atoms with van der Waals surface area (Å²) in [6.45, 7) is 3.39. The summed E-state index contributed by atoms with van der Waals surface area (Å²) in [4.78, 5) is 37.1. The molecule has 0 aliphatic rings. The molecule has 0 fully saturated rings. The smallest absolute Gasteiger partial charge is 0.351 e. The third kappa shape index (κ3) is 5.42. The predicted octanol–water partition coefficient (Wildman–Crippen LogP) is 4.29. The van der Waals surface area contributed by atoms with Gasteiger partial charge in [-0.3, -0.25) is 9.59 Å². The monoisotopic (exact) mass is 460 g/mol. The minimum atomic E-state index is -1.26. The maximum absolute atomic E-state index is 12.7. The van der Waals surface area contributed by atoms with Crippen molar-refractivity contribution in [1.82, 2.24) is 4.90 Å². The molecule has 3 aromatic rings. The van der Waals surface area contributed by atoms with E-state index in [1.165, 1.54) is 21.3 Å². The van der Waals surface area contributed by atoms with Gasteiger partial charge in [0.2, 0.25) is 0 Å². The Kier molecular flexibility index (Phi) is 7.33. The molecule has 0 aliphatic heterocycles. The lowest BCUT2D eigenvalue weighted by Crippen LogP contribution is -2.29. The molecule has 0 unspecified atom stereocenters. The highest BCUT2D eigenvalue weighted by molar-refractivity contribution is 6.05. The largest absolute Gasteiger partial charge is 0.497 e. The zero-order valence-electron chi connectivity index (χ0n) is 19.0. The fraction of sp³-hybridized carbons (Fsp3) is 0.115. The molecule has 0 saturated carbocycles. The Morgan fingerprint density at radius 3 is 1.79 bits per heavy atom. The summed E-state index contributed by atoms with van der Waals surface area (Å²) in [5.74, 6) is -1.00. The third-order valence-corrected chi connectivity index (χ3v) is 5.18. The third-order valence-electron chi connectivity index (χ3n) is 5.18. The van der Waals surface area contributed by atoms with Gasteiger partial charge in [-0.15, -0.1) is 0 Å². The van der Waals surface area contributed by atoms with Crippen LogP contribution in [0.15, 0.2) is 79.0 Å². The number of aliphatic carboxylic acids is 1. The van der Waals surface area contributed by atoms with Gasteiger partial charge in [-0.05, 0) is 47.5 Å². The number of methoxy groups -OCH3 is 2. The van der Waals surface area contributed by atoms with Crippen LogP contribution >= 0.6 is 0 Å². The molecular formula is C26H24N2O6. The number of carboxylic acid groups (broad SMARTS) is 1. The van der Waals surface area contributed by atoms with Crippen molar-refractivity contribution in [2.45, 2.75) is 0 Å². The van der Waals surface area contributed by atoms with E-state index < -0.39 is 11.9 Å². The number of hydrogen-bond acceptors (Lipinski definition) is 5. The maximum Gasteiger partial charge on any atom is 0.351 e. The number of nitrogens with zero attached hydrogens (tertiary/aromatic N) is 1. The second-order valence-corrected chi connectivity index (χ2v) is 7.33. The molecule has 2 N–H and O–H groups in total. The fourth-order valence-corrected chi connectivity index (χ4v) is 3.15. The van der Waals surface area contributed by atoms with Gasteiger partial charge in [0.1, 0.15) is 17.2 Å². The Hall–Kier alpha value is -4.59. The van der Waals surface area contributed by atoms with Crippen molar-refractivity contribution in [3.63, 3.8) is 0 Å². The molecule has 0 saturated heterocycles. The van der Waals surface area contributed by atoms with Crippen molar-refractivity contribution in [2.24, 2.45) is 0 Å². The van der Waals surface area contributed by atoms with Crippen LogP contribution in [0.5, 0.6) is 11.5 Å². The minimum Gasteiger partial charge on any atom is -0.497 e. The molecule has 0 aliphatic carbocycles. The summed E-state index contributed by atoms with van der Waals surface area (Å²) in [7, 11) is 4.40. The van der Waals surface area contributed by atoms with E-state index in [0.717, 1.165) is 16.0 Å². The summed E-state index contributed by atoms with van der Waals surface area (Å²) in [6.07, 6.45) is 0. The zero-order valence-corrected chi connectivity index (χ0v) is 19.0. The number of amides is 2. The van der Waals surface area contributed by atoms with Crippen molar-refractivity contribution in [3.8, 4) is 22.6 Å². The van der Waals surface area contributed by atoms with Crippen LogP contribution in [0, 0.1) is 0 Å². The predicted molar refractivity (Wildman–Crippen MR) is 128 cm³/mol. The van der Waals surface area contributed by atoms with E-state index in [1.807, 2.05) is 12.1 Å². The maximum atomic E-state index is 12.7. The van der Waals surface area contributed by atoms with Gasteiger partial charge in [-0.1, -0.05) is 30.8 Å². The molecule has 3 rings (SSSR count). The van der Waals surface area contributed by atoms with Crippen LogP contribution in [-0.2, 0) is 4.79 Å². The summed E-state index contributed by atoms with van der Waals surface area (Å²) in [6, 6.07) is 18.9. The molecule has 2 amide bonds. The van der Waals surface area contributed by atoms with Gasteiger partial charge in [0.15, 0.2) is 0 Å². The summed E-state index contributed by atoms with van der Waals surface area (Å²) < 4.78 is 10.4. The number of ether oxygens (including phenoxy) is 2. The van der Waals surface area contributed by atoms with Crippen LogP contribution in [0.4, 0.5) is 5.69 Å². The lowest BCUT2D eigenvalue weighted by atomic mass is 10.0. The number of carbonyl (C=O) groups is 3. The standard InChI is InChI=1S/C26H24N2O6/c1-16(26(31)32)28(2)25(30)19-7-5-17(6-8-19)18-9-11-21(12-10-18)27-24(29)20-13-22(33-3)15-23(14-20)34-4/h5-15H,1H2,2-4H3,(H,27,29)(H,31,32). The van der Waals surface area contributed by atoms with Crippen LogP contribution < -0.4 is 14.8 Å². The minimum absolute atomic E-state index is 0.306. The Morgan fingerprint density at radius 2 is 1.32 bits per heavy atom. The molecule has 0 atom stereocenters. The highest BCUT2D eigenvalue weighted by Gasteiger charge is 2.18. The molecule has 8 heteroatoms. The van der Waals surface area contributed by atoms with Crippen molar-refractivity contribution in [3.05, 3.63) is 90.1 Å². The molecular weight excluding hydrogens is 436 g/mol. The molecule has 0 heterocycles. The zero-order chi connectivity index (χ0) is 24.8. The van der Waals surface area contributed by atoms with Gasteiger partial charge in [0.25, 0.3) is 11.8 Å². The first-order chi connectivity index (χ1) is 16.2. The van der Waals surface area contributed by atoms with E-state index in [2.05, 4.69) is 11.9 Å². The van der Waals surface area contributed by atoms with Gasteiger partial charge in [-0.2, -0.15) is 0 Å². The van der Waals surface area contributed by atoms with E-state index in [-0.39, 0.29) is 11.6 Å². The first-order valence-corrected chi connectivity index (χ1v) is 10.2. The number of rotatable bonds is 8. The van der Waals surface area contributed by atoms with Gasteiger partial charge in [0.05, 0.1) is 14.2 Å². The van der Waals surface area contributed by atoms with Crippen molar-refractivity contribution >= 4 is 23.5 Å². The number of benzene rings is 3. The Labute approximate surface area is 197 Å². The molecule has 0 bridgehead atoms. The van der Waals surface area contributed by atoms with E-state index in [1.54, 1.807) is 54.6 Å². The quantitative estimate of drug-likeness (QED) is 0.486. The van der Waals surface area contributed by atoms with Gasteiger partial charge < -0.3 is 24.8 Å². The molecule has 0 aromatic heterocycles. The lowest BCUT2D eigenvalue weighted by molar-refractivity contribution is -0.134. The van der Waals surface area contributed by atoms with Crippen LogP contribution in [0.3, 0.4) is 0 Å². The number of nitrogens with one attached hydrogen (secondary N) is 1. The number of carboxylic acids is 1. The second kappa shape index (κ2) is 10.4. The summed E-state index contributed by atoms with van der Waals surface area (Å²) >= 11 is 0. The van der Waals surface area contributed by atoms with E-state index in [9.17, 15) is 14.4 Å². The first kappa shape index (κ1) is 24.1. The Balaban J connectivity index is 1.71. The molecule has 8 nitrogen and oxygen atoms in total.